The lowest BCUT2D eigenvalue weighted by Crippen LogP contribution is -2.56. The zero-order valence-electron chi connectivity index (χ0n) is 26.0. The first-order valence-corrected chi connectivity index (χ1v) is 15.1. The number of nitrogens with zero attached hydrogens (tertiary/aromatic N) is 3. The van der Waals surface area contributed by atoms with E-state index in [9.17, 15) is 28.8 Å². The Morgan fingerprint density at radius 1 is 0.438 bits per heavy atom. The maximum Gasteiger partial charge on any atom is 0.407 e. The standard InChI is InChI=1S/C33H36N6O9/c40-28(46-22-25-10-4-1-5-11-25)34-16-19-37-31(43)38(20-17-35-29(41)47-23-26-12-6-2-7-13-26)33(45)39(32(37)44)21-18-36-30(42)48-24-27-14-8-3-9-15-27/h1-15H,16-24H2,(H,34,40)(H,35,41)(H,36,42). The van der Waals surface area contributed by atoms with E-state index in [1.807, 2.05) is 18.2 Å². The van der Waals surface area contributed by atoms with Gasteiger partial charge in [-0.15, -0.1) is 0 Å². The van der Waals surface area contributed by atoms with Crippen LogP contribution in [0.25, 0.3) is 0 Å². The van der Waals surface area contributed by atoms with E-state index in [1.165, 1.54) is 0 Å². The Morgan fingerprint density at radius 2 is 0.688 bits per heavy atom. The number of rotatable bonds is 15. The van der Waals surface area contributed by atoms with Gasteiger partial charge in [0.2, 0.25) is 0 Å². The predicted molar refractivity (Wildman–Crippen MR) is 173 cm³/mol. The van der Waals surface area contributed by atoms with Crippen molar-refractivity contribution >= 4 is 18.3 Å². The summed E-state index contributed by atoms with van der Waals surface area (Å²) in [6.07, 6.45) is -2.30. The molecule has 15 nitrogen and oxygen atoms in total. The zero-order valence-corrected chi connectivity index (χ0v) is 26.0. The SMILES string of the molecule is O=C(NCCn1c(=O)n(CCNC(=O)OCc2ccccc2)c(=O)n(CCNC(=O)OCc2ccccc2)c1=O)OCc1ccccc1. The van der Waals surface area contributed by atoms with Crippen LogP contribution in [0.1, 0.15) is 16.7 Å². The van der Waals surface area contributed by atoms with Crippen molar-refractivity contribution in [3.8, 4) is 0 Å². The van der Waals surface area contributed by atoms with Crippen LogP contribution in [0.4, 0.5) is 14.4 Å². The summed E-state index contributed by atoms with van der Waals surface area (Å²) in [5.41, 5.74) is -0.530. The van der Waals surface area contributed by atoms with Gasteiger partial charge in [-0.25, -0.2) is 42.5 Å². The molecular formula is C33H36N6O9. The van der Waals surface area contributed by atoms with Gasteiger partial charge in [-0.3, -0.25) is 0 Å². The number of hydrogen-bond donors (Lipinski definition) is 3. The molecule has 0 saturated heterocycles. The van der Waals surface area contributed by atoms with E-state index in [-0.39, 0.29) is 59.1 Å². The minimum absolute atomic E-state index is 0.0197. The number of carbonyl (C=O) groups is 3. The van der Waals surface area contributed by atoms with E-state index >= 15 is 0 Å². The predicted octanol–water partition coefficient (Wildman–Crippen LogP) is 1.95. The second-order valence-electron chi connectivity index (χ2n) is 10.3. The van der Waals surface area contributed by atoms with Crippen LogP contribution in [0, 0.1) is 0 Å². The minimum atomic E-state index is -0.949. The Bertz CT molecular complexity index is 1580. The van der Waals surface area contributed by atoms with Crippen LogP contribution >= 0.6 is 0 Å². The smallest absolute Gasteiger partial charge is 0.407 e. The van der Waals surface area contributed by atoms with E-state index in [0.717, 1.165) is 30.4 Å². The van der Waals surface area contributed by atoms with Gasteiger partial charge < -0.3 is 30.2 Å². The summed E-state index contributed by atoms with van der Waals surface area (Å²) in [6, 6.07) is 27.0. The number of aromatic nitrogens is 3. The molecule has 4 rings (SSSR count). The van der Waals surface area contributed by atoms with Gasteiger partial charge >= 0.3 is 35.3 Å². The molecule has 1 heterocycles. The van der Waals surface area contributed by atoms with Crippen molar-refractivity contribution in [3.05, 3.63) is 139 Å². The van der Waals surface area contributed by atoms with Crippen LogP contribution in [0.15, 0.2) is 105 Å². The lowest BCUT2D eigenvalue weighted by atomic mass is 10.2. The summed E-state index contributed by atoms with van der Waals surface area (Å²) < 4.78 is 17.8. The highest BCUT2D eigenvalue weighted by Gasteiger charge is 2.17. The molecule has 3 N–H and O–H groups in total. The number of amides is 3. The highest BCUT2D eigenvalue weighted by molar-refractivity contribution is 5.67. The molecule has 0 unspecified atom stereocenters. The molecule has 0 fully saturated rings. The van der Waals surface area contributed by atoms with Crippen molar-refractivity contribution in [2.45, 2.75) is 39.5 Å². The van der Waals surface area contributed by atoms with Gasteiger partial charge in [-0.05, 0) is 16.7 Å². The Balaban J connectivity index is 1.39. The van der Waals surface area contributed by atoms with Gasteiger partial charge in [0.15, 0.2) is 0 Å². The fourth-order valence-corrected chi connectivity index (χ4v) is 4.39. The molecule has 15 heteroatoms. The summed E-state index contributed by atoms with van der Waals surface area (Å²) in [6.45, 7) is -1.34. The molecular weight excluding hydrogens is 624 g/mol. The second-order valence-corrected chi connectivity index (χ2v) is 10.3. The molecule has 0 aliphatic rings. The maximum absolute atomic E-state index is 13.3. The van der Waals surface area contributed by atoms with Crippen molar-refractivity contribution < 1.29 is 28.6 Å². The molecule has 1 aromatic heterocycles. The van der Waals surface area contributed by atoms with Crippen molar-refractivity contribution in [3.63, 3.8) is 0 Å². The first kappa shape index (κ1) is 34.7. The number of benzene rings is 3. The molecule has 4 aromatic rings. The number of carbonyl (C=O) groups excluding carboxylic acids is 3. The summed E-state index contributed by atoms with van der Waals surface area (Å²) in [5, 5.41) is 7.43. The third kappa shape index (κ3) is 10.8. The first-order valence-electron chi connectivity index (χ1n) is 15.1. The average Bonchev–Trinajstić information content (AvgIpc) is 3.11. The quantitative estimate of drug-likeness (QED) is 0.161. The monoisotopic (exact) mass is 660 g/mol. The van der Waals surface area contributed by atoms with Crippen LogP contribution in [0.2, 0.25) is 0 Å². The zero-order chi connectivity index (χ0) is 34.1. The van der Waals surface area contributed by atoms with Gasteiger partial charge in [0.25, 0.3) is 0 Å². The van der Waals surface area contributed by atoms with Crippen LogP contribution in [0.3, 0.4) is 0 Å². The molecule has 0 aliphatic carbocycles. The van der Waals surface area contributed by atoms with Crippen molar-refractivity contribution in [2.75, 3.05) is 19.6 Å². The fourth-order valence-electron chi connectivity index (χ4n) is 4.39. The maximum atomic E-state index is 13.3. The third-order valence-corrected chi connectivity index (χ3v) is 6.84. The average molecular weight is 661 g/mol. The topological polar surface area (TPSA) is 181 Å². The van der Waals surface area contributed by atoms with E-state index in [1.54, 1.807) is 72.8 Å². The Labute approximate surface area is 274 Å². The lowest BCUT2D eigenvalue weighted by molar-refractivity contribution is 0.138. The molecule has 0 spiro atoms. The van der Waals surface area contributed by atoms with Gasteiger partial charge in [0.05, 0.1) is 0 Å². The largest absolute Gasteiger partial charge is 0.445 e. The summed E-state index contributed by atoms with van der Waals surface area (Å²) in [4.78, 5) is 76.4. The van der Waals surface area contributed by atoms with Gasteiger partial charge in [0.1, 0.15) is 19.8 Å². The van der Waals surface area contributed by atoms with E-state index < -0.39 is 35.3 Å². The van der Waals surface area contributed by atoms with Crippen molar-refractivity contribution in [1.82, 2.24) is 29.7 Å². The normalized spacial score (nSPS) is 10.5. The number of nitrogens with one attached hydrogen (secondary N) is 3. The molecule has 0 bridgehead atoms. The molecule has 3 amide bonds. The minimum Gasteiger partial charge on any atom is -0.445 e. The Hall–Kier alpha value is -6.12. The molecule has 0 atom stereocenters. The van der Waals surface area contributed by atoms with Gasteiger partial charge in [-0.2, -0.15) is 0 Å². The Morgan fingerprint density at radius 3 is 0.938 bits per heavy atom. The summed E-state index contributed by atoms with van der Waals surface area (Å²) >= 11 is 0. The van der Waals surface area contributed by atoms with E-state index in [4.69, 9.17) is 14.2 Å². The van der Waals surface area contributed by atoms with Gasteiger partial charge in [-0.1, -0.05) is 91.0 Å². The summed E-state index contributed by atoms with van der Waals surface area (Å²) in [7, 11) is 0. The molecule has 3 aromatic carbocycles. The highest BCUT2D eigenvalue weighted by atomic mass is 16.6. The Kier molecular flexibility index (Phi) is 13.1. The van der Waals surface area contributed by atoms with Crippen LogP contribution in [-0.4, -0.2) is 51.6 Å². The second kappa shape index (κ2) is 18.1. The molecule has 0 saturated carbocycles. The number of ether oxygens (including phenoxy) is 3. The number of hydrogen-bond acceptors (Lipinski definition) is 9. The van der Waals surface area contributed by atoms with Crippen LogP contribution in [0.5, 0.6) is 0 Å². The molecule has 0 radical (unpaired) electrons. The third-order valence-electron chi connectivity index (χ3n) is 6.84. The van der Waals surface area contributed by atoms with Crippen molar-refractivity contribution in [2.24, 2.45) is 0 Å². The van der Waals surface area contributed by atoms with Gasteiger partial charge in [0, 0.05) is 39.3 Å². The van der Waals surface area contributed by atoms with E-state index in [2.05, 4.69) is 16.0 Å². The van der Waals surface area contributed by atoms with Crippen LogP contribution in [-0.2, 0) is 53.7 Å². The number of alkyl carbamates (subject to hydrolysis) is 3. The highest BCUT2D eigenvalue weighted by Crippen LogP contribution is 2.02. The molecule has 252 valence electrons. The molecule has 0 aliphatic heterocycles. The fraction of sp³-hybridized carbons (Fsp3) is 0.273. The first-order chi connectivity index (χ1) is 23.3. The van der Waals surface area contributed by atoms with Crippen molar-refractivity contribution in [1.29, 1.82) is 0 Å². The van der Waals surface area contributed by atoms with E-state index in [0.29, 0.717) is 0 Å². The van der Waals surface area contributed by atoms with Crippen LogP contribution < -0.4 is 33.0 Å². The lowest BCUT2D eigenvalue weighted by Gasteiger charge is -2.15. The summed E-state index contributed by atoms with van der Waals surface area (Å²) in [5.74, 6) is 0. The molecule has 48 heavy (non-hydrogen) atoms.